The molecule has 0 aliphatic carbocycles. The minimum atomic E-state index is -0.964. The molecule has 2 aromatic rings. The molecule has 1 N–H and O–H groups in total. The van der Waals surface area contributed by atoms with Crippen molar-refractivity contribution in [2.24, 2.45) is 0 Å². The molecule has 1 aromatic carbocycles. The molecule has 2 rings (SSSR count). The number of amides is 1. The number of hydrogen-bond acceptors (Lipinski definition) is 6. The van der Waals surface area contributed by atoms with Gasteiger partial charge < -0.3 is 10.1 Å². The van der Waals surface area contributed by atoms with E-state index in [1.165, 1.54) is 11.4 Å². The lowest BCUT2D eigenvalue weighted by Crippen LogP contribution is -2.14. The Balaban J connectivity index is 1.87. The zero-order valence-electron chi connectivity index (χ0n) is 12.0. The summed E-state index contributed by atoms with van der Waals surface area (Å²) in [5, 5.41) is 4.28. The molecule has 1 amide bonds. The Hall–Kier alpha value is -2.00. The van der Waals surface area contributed by atoms with Gasteiger partial charge in [-0.1, -0.05) is 0 Å². The quantitative estimate of drug-likeness (QED) is 0.634. The van der Waals surface area contributed by atoms with Crippen LogP contribution >= 0.6 is 23.1 Å². The van der Waals surface area contributed by atoms with Crippen LogP contribution in [-0.2, 0) is 9.53 Å². The Morgan fingerprint density at radius 1 is 1.35 bits per heavy atom. The second kappa shape index (κ2) is 8.02. The largest absolute Gasteiger partial charge is 0.461 e. The lowest BCUT2D eigenvalue weighted by molar-refractivity contribution is -0.113. The number of halogens is 2. The molecule has 23 heavy (non-hydrogen) atoms. The minimum Gasteiger partial charge on any atom is -0.461 e. The average molecular weight is 358 g/mol. The number of thioether (sulfide) groups is 1. The van der Waals surface area contributed by atoms with E-state index in [0.29, 0.717) is 4.90 Å². The normalized spacial score (nSPS) is 10.4. The van der Waals surface area contributed by atoms with E-state index in [2.05, 4.69) is 10.3 Å². The third-order valence-corrected chi connectivity index (χ3v) is 4.25. The molecule has 5 nitrogen and oxygen atoms in total. The lowest BCUT2D eigenvalue weighted by atomic mass is 10.3. The smallest absolute Gasteiger partial charge is 0.357 e. The summed E-state index contributed by atoms with van der Waals surface area (Å²) < 4.78 is 30.6. The number of esters is 1. The first-order valence-corrected chi connectivity index (χ1v) is 8.36. The van der Waals surface area contributed by atoms with Crippen molar-refractivity contribution in [2.75, 3.05) is 17.7 Å². The predicted octanol–water partition coefficient (Wildman–Crippen LogP) is 3.33. The molecule has 0 aliphatic rings. The monoisotopic (exact) mass is 358 g/mol. The Bertz CT molecular complexity index is 722. The fourth-order valence-electron chi connectivity index (χ4n) is 1.50. The van der Waals surface area contributed by atoms with Gasteiger partial charge in [-0.3, -0.25) is 4.79 Å². The zero-order chi connectivity index (χ0) is 16.8. The van der Waals surface area contributed by atoms with Crippen molar-refractivity contribution < 1.29 is 23.1 Å². The van der Waals surface area contributed by atoms with Crippen molar-refractivity contribution in [1.29, 1.82) is 0 Å². The van der Waals surface area contributed by atoms with Crippen molar-refractivity contribution in [3.8, 4) is 0 Å². The third kappa shape index (κ3) is 5.00. The summed E-state index contributed by atoms with van der Waals surface area (Å²) >= 11 is 2.15. The van der Waals surface area contributed by atoms with E-state index in [1.807, 2.05) is 0 Å². The van der Waals surface area contributed by atoms with E-state index in [-0.39, 0.29) is 29.1 Å². The fourth-order valence-corrected chi connectivity index (χ4v) is 2.92. The van der Waals surface area contributed by atoms with Gasteiger partial charge >= 0.3 is 5.97 Å². The fraction of sp³-hybridized carbons (Fsp3) is 0.214. The third-order valence-electron chi connectivity index (χ3n) is 2.50. The molecule has 0 atom stereocenters. The summed E-state index contributed by atoms with van der Waals surface area (Å²) in [6, 6.07) is 3.41. The van der Waals surface area contributed by atoms with Gasteiger partial charge in [0.2, 0.25) is 5.91 Å². The zero-order valence-corrected chi connectivity index (χ0v) is 13.6. The first-order chi connectivity index (χ1) is 11.0. The molecule has 0 spiro atoms. The second-order valence-corrected chi connectivity index (χ2v) is 6.08. The van der Waals surface area contributed by atoms with E-state index >= 15 is 0 Å². The minimum absolute atomic E-state index is 0.000603. The highest BCUT2D eigenvalue weighted by Gasteiger charge is 2.13. The maximum Gasteiger partial charge on any atom is 0.357 e. The van der Waals surface area contributed by atoms with Crippen molar-refractivity contribution in [3.63, 3.8) is 0 Å². The van der Waals surface area contributed by atoms with Gasteiger partial charge in [-0.2, -0.15) is 0 Å². The average Bonchev–Trinajstić information content (AvgIpc) is 2.97. The molecule has 0 unspecified atom stereocenters. The number of carbonyl (C=O) groups excluding carboxylic acids is 2. The van der Waals surface area contributed by atoms with E-state index in [0.717, 1.165) is 35.2 Å². The highest BCUT2D eigenvalue weighted by molar-refractivity contribution is 8.00. The molecular formula is C14H12F2N2O3S2. The molecule has 0 radical (unpaired) electrons. The van der Waals surface area contributed by atoms with Crippen LogP contribution in [0.3, 0.4) is 0 Å². The van der Waals surface area contributed by atoms with Crippen LogP contribution in [0.4, 0.5) is 13.9 Å². The molecule has 1 heterocycles. The molecule has 0 aliphatic heterocycles. The summed E-state index contributed by atoms with van der Waals surface area (Å²) in [6.07, 6.45) is 0. The molecule has 9 heteroatoms. The first kappa shape index (κ1) is 17.4. The van der Waals surface area contributed by atoms with Gasteiger partial charge in [0.15, 0.2) is 22.5 Å². The molecular weight excluding hydrogens is 346 g/mol. The summed E-state index contributed by atoms with van der Waals surface area (Å²) in [7, 11) is 0. The highest BCUT2D eigenvalue weighted by atomic mass is 32.2. The van der Waals surface area contributed by atoms with Crippen molar-refractivity contribution in [2.45, 2.75) is 11.8 Å². The first-order valence-electron chi connectivity index (χ1n) is 6.50. The van der Waals surface area contributed by atoms with Gasteiger partial charge in [-0.15, -0.1) is 23.1 Å². The van der Waals surface area contributed by atoms with Gasteiger partial charge in [0.05, 0.1) is 12.4 Å². The molecule has 0 saturated heterocycles. The van der Waals surface area contributed by atoms with Crippen molar-refractivity contribution >= 4 is 40.1 Å². The lowest BCUT2D eigenvalue weighted by Gasteiger charge is -2.03. The standard InChI is InChI=1S/C14H12F2N2O3S2/c1-2-21-13(20)11-6-23-14(17-11)18-12(19)7-22-8-3-4-9(15)10(16)5-8/h3-6H,2,7H2,1H3,(H,17,18,19). The van der Waals surface area contributed by atoms with Gasteiger partial charge in [0.1, 0.15) is 0 Å². The topological polar surface area (TPSA) is 68.3 Å². The van der Waals surface area contributed by atoms with Gasteiger partial charge in [-0.05, 0) is 25.1 Å². The molecule has 1 aromatic heterocycles. The van der Waals surface area contributed by atoms with Crippen LogP contribution in [0.15, 0.2) is 28.5 Å². The van der Waals surface area contributed by atoms with Crippen LogP contribution < -0.4 is 5.32 Å². The number of anilines is 1. The summed E-state index contributed by atoms with van der Waals surface area (Å²) in [6.45, 7) is 1.92. The van der Waals surface area contributed by atoms with Gasteiger partial charge in [0, 0.05) is 10.3 Å². The van der Waals surface area contributed by atoms with Crippen LogP contribution in [0.1, 0.15) is 17.4 Å². The van der Waals surface area contributed by atoms with Crippen molar-refractivity contribution in [1.82, 2.24) is 4.98 Å². The number of rotatable bonds is 6. The van der Waals surface area contributed by atoms with Crippen LogP contribution in [0.5, 0.6) is 0 Å². The number of thiazole rings is 1. The molecule has 0 bridgehead atoms. The van der Waals surface area contributed by atoms with E-state index in [9.17, 15) is 18.4 Å². The summed E-state index contributed by atoms with van der Waals surface area (Å²) in [5.74, 6) is -2.83. The van der Waals surface area contributed by atoms with E-state index in [1.54, 1.807) is 6.92 Å². The number of nitrogens with zero attached hydrogens (tertiary/aromatic N) is 1. The maximum absolute atomic E-state index is 13.1. The molecule has 0 saturated carbocycles. The Kier molecular flexibility index (Phi) is 6.05. The number of carbonyl (C=O) groups is 2. The Morgan fingerprint density at radius 2 is 2.13 bits per heavy atom. The number of aromatic nitrogens is 1. The number of nitrogens with one attached hydrogen (secondary N) is 1. The van der Waals surface area contributed by atoms with E-state index in [4.69, 9.17) is 4.74 Å². The SMILES string of the molecule is CCOC(=O)c1csc(NC(=O)CSc2ccc(F)c(F)c2)n1. The predicted molar refractivity (Wildman–Crippen MR) is 83.8 cm³/mol. The highest BCUT2D eigenvalue weighted by Crippen LogP contribution is 2.21. The van der Waals surface area contributed by atoms with Crippen LogP contribution in [0.2, 0.25) is 0 Å². The number of benzene rings is 1. The van der Waals surface area contributed by atoms with Gasteiger partial charge in [-0.25, -0.2) is 18.6 Å². The van der Waals surface area contributed by atoms with E-state index < -0.39 is 17.6 Å². The number of ether oxygens (including phenoxy) is 1. The summed E-state index contributed by atoms with van der Waals surface area (Å²) in [5.41, 5.74) is 0.125. The van der Waals surface area contributed by atoms with Crippen LogP contribution in [0.25, 0.3) is 0 Å². The van der Waals surface area contributed by atoms with Crippen LogP contribution in [0, 0.1) is 11.6 Å². The Labute approximate surface area is 139 Å². The Morgan fingerprint density at radius 3 is 2.83 bits per heavy atom. The summed E-state index contributed by atoms with van der Waals surface area (Å²) in [4.78, 5) is 27.6. The maximum atomic E-state index is 13.1. The number of hydrogen-bond donors (Lipinski definition) is 1. The second-order valence-electron chi connectivity index (χ2n) is 4.17. The van der Waals surface area contributed by atoms with Crippen molar-refractivity contribution in [3.05, 3.63) is 40.9 Å². The molecule has 122 valence electrons. The van der Waals surface area contributed by atoms with Gasteiger partial charge in [0.25, 0.3) is 0 Å². The van der Waals surface area contributed by atoms with Crippen LogP contribution in [-0.4, -0.2) is 29.2 Å². The molecule has 0 fully saturated rings.